The first kappa shape index (κ1) is 21.5. The van der Waals surface area contributed by atoms with Gasteiger partial charge < -0.3 is 10.0 Å². The maximum Gasteiger partial charge on any atom is 0.335 e. The minimum atomic E-state index is -1.03. The highest BCUT2D eigenvalue weighted by Crippen LogP contribution is 2.45. The highest BCUT2D eigenvalue weighted by Gasteiger charge is 2.44. The van der Waals surface area contributed by atoms with Gasteiger partial charge in [-0.15, -0.1) is 0 Å². The van der Waals surface area contributed by atoms with Crippen LogP contribution in [0.5, 0.6) is 0 Å². The predicted molar refractivity (Wildman–Crippen MR) is 129 cm³/mol. The van der Waals surface area contributed by atoms with Crippen LogP contribution in [0.1, 0.15) is 48.0 Å². The van der Waals surface area contributed by atoms with E-state index >= 15 is 0 Å². The molecule has 3 aliphatic rings. The molecule has 33 heavy (non-hydrogen) atoms. The van der Waals surface area contributed by atoms with Crippen LogP contribution in [0.15, 0.2) is 58.4 Å². The van der Waals surface area contributed by atoms with Gasteiger partial charge in [-0.1, -0.05) is 43.5 Å². The number of likely N-dealkylation sites (N-methyl/N-ethyl adjacent to an activating group) is 1. The summed E-state index contributed by atoms with van der Waals surface area (Å²) in [5.74, 6) is -1.44. The van der Waals surface area contributed by atoms with E-state index in [1.165, 1.54) is 23.9 Å². The molecular weight excluding hydrogens is 438 g/mol. The Kier molecular flexibility index (Phi) is 5.54. The number of rotatable bonds is 3. The monoisotopic (exact) mass is 461 g/mol. The average molecular weight is 462 g/mol. The summed E-state index contributed by atoms with van der Waals surface area (Å²) in [6.45, 7) is 0. The molecule has 2 aromatic rings. The van der Waals surface area contributed by atoms with E-state index in [1.54, 1.807) is 29.0 Å². The van der Waals surface area contributed by atoms with Crippen LogP contribution in [-0.4, -0.2) is 46.0 Å². The molecule has 0 spiro atoms. The number of aromatic carboxylic acids is 1. The van der Waals surface area contributed by atoms with Gasteiger partial charge in [-0.3, -0.25) is 14.5 Å². The molecule has 7 nitrogen and oxygen atoms in total. The first-order chi connectivity index (χ1) is 16.0. The van der Waals surface area contributed by atoms with Gasteiger partial charge in [-0.25, -0.2) is 9.79 Å². The van der Waals surface area contributed by atoms with Crippen molar-refractivity contribution in [1.29, 1.82) is 0 Å². The smallest absolute Gasteiger partial charge is 0.335 e. The third-order valence-electron chi connectivity index (χ3n) is 6.35. The Balaban J connectivity index is 1.63. The van der Waals surface area contributed by atoms with Gasteiger partial charge in [0, 0.05) is 18.7 Å². The summed E-state index contributed by atoms with van der Waals surface area (Å²) in [5.41, 5.74) is 2.54. The van der Waals surface area contributed by atoms with Crippen LogP contribution < -0.4 is 4.90 Å². The van der Waals surface area contributed by atoms with E-state index in [1.807, 2.05) is 24.3 Å². The third kappa shape index (κ3) is 3.74. The van der Waals surface area contributed by atoms with Crippen molar-refractivity contribution in [1.82, 2.24) is 4.90 Å². The van der Waals surface area contributed by atoms with Gasteiger partial charge in [-0.2, -0.15) is 0 Å². The standard InChI is InChI=1S/C25H23N3O4S/c1-27-19-13-6-5-12-18(19)20(22(27)29)21-23(30)28(17-10-3-2-4-11-17)25(33-21)26-16-9-7-8-15(14-16)24(31)32/h5-9,12-14,17H,2-4,10-11H2,1H3,(H,31,32)/b21-20-,26-25?. The molecule has 1 saturated carbocycles. The second-order valence-electron chi connectivity index (χ2n) is 8.40. The van der Waals surface area contributed by atoms with Crippen molar-refractivity contribution >= 4 is 51.7 Å². The number of thioether (sulfide) groups is 1. The zero-order valence-corrected chi connectivity index (χ0v) is 19.0. The number of hydrogen-bond donors (Lipinski definition) is 1. The van der Waals surface area contributed by atoms with Crippen LogP contribution in [0.2, 0.25) is 0 Å². The number of amides is 2. The summed E-state index contributed by atoms with van der Waals surface area (Å²) in [4.78, 5) is 46.6. The van der Waals surface area contributed by atoms with Gasteiger partial charge in [0.1, 0.15) is 0 Å². The van der Waals surface area contributed by atoms with Crippen molar-refractivity contribution in [3.63, 3.8) is 0 Å². The third-order valence-corrected chi connectivity index (χ3v) is 7.40. The van der Waals surface area contributed by atoms with Crippen molar-refractivity contribution < 1.29 is 19.5 Å². The molecule has 0 bridgehead atoms. The fourth-order valence-electron chi connectivity index (χ4n) is 4.68. The molecule has 8 heteroatoms. The molecule has 2 fully saturated rings. The van der Waals surface area contributed by atoms with Crippen LogP contribution >= 0.6 is 11.8 Å². The zero-order valence-electron chi connectivity index (χ0n) is 18.2. The van der Waals surface area contributed by atoms with Crippen molar-refractivity contribution in [3.8, 4) is 0 Å². The molecule has 2 aliphatic heterocycles. The number of carbonyl (C=O) groups is 3. The normalized spacial score (nSPS) is 22.4. The maximum atomic E-state index is 13.7. The van der Waals surface area contributed by atoms with E-state index in [0.29, 0.717) is 21.3 Å². The van der Waals surface area contributed by atoms with Gasteiger partial charge in [-0.05, 0) is 48.9 Å². The van der Waals surface area contributed by atoms with E-state index in [2.05, 4.69) is 0 Å². The van der Waals surface area contributed by atoms with Crippen molar-refractivity contribution in [2.24, 2.45) is 4.99 Å². The molecule has 1 saturated heterocycles. The zero-order chi connectivity index (χ0) is 23.1. The molecule has 5 rings (SSSR count). The topological polar surface area (TPSA) is 90.3 Å². The Labute approximate surface area is 195 Å². The lowest BCUT2D eigenvalue weighted by Crippen LogP contribution is -2.40. The summed E-state index contributed by atoms with van der Waals surface area (Å²) in [6.07, 6.45) is 4.99. The SMILES string of the molecule is CN1C(=O)/C(=C2\SC(=Nc3cccc(C(=O)O)c3)N(C3CCCCC3)C2=O)c2ccccc21. The number of carboxylic acids is 1. The molecule has 0 aromatic heterocycles. The number of nitrogens with zero attached hydrogens (tertiary/aromatic N) is 3. The number of amidine groups is 1. The largest absolute Gasteiger partial charge is 0.478 e. The molecule has 168 valence electrons. The summed E-state index contributed by atoms with van der Waals surface area (Å²) in [5, 5.41) is 9.83. The molecule has 2 heterocycles. The highest BCUT2D eigenvalue weighted by atomic mass is 32.2. The van der Waals surface area contributed by atoms with Gasteiger partial charge in [0.15, 0.2) is 5.17 Å². The first-order valence-corrected chi connectivity index (χ1v) is 11.8. The number of carbonyl (C=O) groups excluding carboxylic acids is 2. The number of benzene rings is 2. The van der Waals surface area contributed by atoms with Gasteiger partial charge in [0.2, 0.25) is 0 Å². The van der Waals surface area contributed by atoms with Crippen LogP contribution in [0.4, 0.5) is 11.4 Å². The van der Waals surface area contributed by atoms with Gasteiger partial charge >= 0.3 is 5.97 Å². The van der Waals surface area contributed by atoms with Gasteiger partial charge in [0.05, 0.1) is 27.4 Å². The van der Waals surface area contributed by atoms with E-state index in [0.717, 1.165) is 43.4 Å². The fourth-order valence-corrected chi connectivity index (χ4v) is 5.83. The number of fused-ring (bicyclic) bond motifs is 1. The number of anilines is 1. The lowest BCUT2D eigenvalue weighted by atomic mass is 9.94. The summed E-state index contributed by atoms with van der Waals surface area (Å²) in [6, 6.07) is 13.8. The van der Waals surface area contributed by atoms with Crippen LogP contribution in [0.25, 0.3) is 5.57 Å². The van der Waals surface area contributed by atoms with E-state index in [4.69, 9.17) is 4.99 Å². The predicted octanol–water partition coefficient (Wildman–Crippen LogP) is 4.67. The summed E-state index contributed by atoms with van der Waals surface area (Å²) >= 11 is 1.21. The van der Waals surface area contributed by atoms with E-state index < -0.39 is 5.97 Å². The molecule has 0 atom stereocenters. The Bertz CT molecular complexity index is 1230. The van der Waals surface area contributed by atoms with E-state index in [-0.39, 0.29) is 23.4 Å². The Morgan fingerprint density at radius 3 is 2.55 bits per heavy atom. The van der Waals surface area contributed by atoms with Crippen LogP contribution in [0.3, 0.4) is 0 Å². The lowest BCUT2D eigenvalue weighted by Gasteiger charge is -2.30. The minimum absolute atomic E-state index is 0.0164. The summed E-state index contributed by atoms with van der Waals surface area (Å²) in [7, 11) is 1.71. The Hall–Kier alpha value is -3.39. The Morgan fingerprint density at radius 2 is 1.79 bits per heavy atom. The fraction of sp³-hybridized carbons (Fsp3) is 0.280. The molecule has 2 amide bonds. The minimum Gasteiger partial charge on any atom is -0.478 e. The summed E-state index contributed by atoms with van der Waals surface area (Å²) < 4.78 is 0. The second kappa shape index (κ2) is 8.51. The molecule has 1 aliphatic carbocycles. The molecule has 0 unspecified atom stereocenters. The molecule has 1 N–H and O–H groups in total. The molecule has 0 radical (unpaired) electrons. The second-order valence-corrected chi connectivity index (χ2v) is 9.38. The van der Waals surface area contributed by atoms with E-state index in [9.17, 15) is 19.5 Å². The number of para-hydroxylation sites is 1. The quantitative estimate of drug-likeness (QED) is 0.671. The highest BCUT2D eigenvalue weighted by molar-refractivity contribution is 8.18. The van der Waals surface area contributed by atoms with Crippen LogP contribution in [-0.2, 0) is 9.59 Å². The number of aliphatic imine (C=N–C) groups is 1. The average Bonchev–Trinajstić information content (AvgIpc) is 3.27. The molecule has 2 aromatic carbocycles. The first-order valence-electron chi connectivity index (χ1n) is 11.0. The number of hydrogen-bond acceptors (Lipinski definition) is 5. The lowest BCUT2D eigenvalue weighted by molar-refractivity contribution is -0.124. The number of carboxylic acid groups (broad SMARTS) is 1. The Morgan fingerprint density at radius 1 is 1.03 bits per heavy atom. The maximum absolute atomic E-state index is 13.7. The van der Waals surface area contributed by atoms with Crippen molar-refractivity contribution in [2.45, 2.75) is 38.1 Å². The molecular formula is C25H23N3O4S. The van der Waals surface area contributed by atoms with Crippen LogP contribution in [0, 0.1) is 0 Å². The van der Waals surface area contributed by atoms with Crippen molar-refractivity contribution in [3.05, 3.63) is 64.6 Å². The van der Waals surface area contributed by atoms with Gasteiger partial charge in [0.25, 0.3) is 11.8 Å². The van der Waals surface area contributed by atoms with Crippen molar-refractivity contribution in [2.75, 3.05) is 11.9 Å².